The van der Waals surface area contributed by atoms with Crippen LogP contribution in [0.3, 0.4) is 0 Å². The van der Waals surface area contributed by atoms with Gasteiger partial charge in [-0.2, -0.15) is 8.78 Å². The summed E-state index contributed by atoms with van der Waals surface area (Å²) in [6.45, 7) is 1.42. The number of benzene rings is 1. The molecule has 0 atom stereocenters. The summed E-state index contributed by atoms with van der Waals surface area (Å²) in [7, 11) is 0. The van der Waals surface area contributed by atoms with Crippen molar-refractivity contribution in [3.05, 3.63) is 41.2 Å². The molecule has 0 saturated carbocycles. The van der Waals surface area contributed by atoms with Crippen LogP contribution in [-0.4, -0.2) is 5.60 Å². The highest BCUT2D eigenvalue weighted by atomic mass is 19.2. The molecule has 0 N–H and O–H groups in total. The van der Waals surface area contributed by atoms with E-state index in [1.165, 1.54) is 19.1 Å². The van der Waals surface area contributed by atoms with Crippen LogP contribution in [0.2, 0.25) is 0 Å². The Bertz CT molecular complexity index is 459. The number of hydrogen-bond acceptors (Lipinski definition) is 1. The number of ether oxygens (including phenoxy) is 1. The highest BCUT2D eigenvalue weighted by Crippen LogP contribution is 2.35. The molecule has 0 fully saturated rings. The van der Waals surface area contributed by atoms with Gasteiger partial charge in [0.1, 0.15) is 5.60 Å². The van der Waals surface area contributed by atoms with E-state index in [-0.39, 0.29) is 0 Å². The van der Waals surface area contributed by atoms with Gasteiger partial charge in [0, 0.05) is 0 Å². The van der Waals surface area contributed by atoms with E-state index < -0.39 is 40.4 Å². The Labute approximate surface area is 87.1 Å². The molecule has 0 amide bonds. The fraction of sp³-hybridized carbons (Fsp3) is 0.200. The average Bonchev–Trinajstić information content (AvgIpc) is 2.98. The maximum absolute atomic E-state index is 13.1. The molecule has 0 heterocycles. The molecule has 0 spiro atoms. The number of halogens is 5. The molecule has 0 aliphatic heterocycles. The maximum Gasteiger partial charge on any atom is 0.207 e. The molecule has 16 heavy (non-hydrogen) atoms. The first-order valence-electron chi connectivity index (χ1n) is 4.26. The van der Waals surface area contributed by atoms with Crippen molar-refractivity contribution in [2.24, 2.45) is 0 Å². The predicted molar refractivity (Wildman–Crippen MR) is 44.4 cm³/mol. The highest BCUT2D eigenvalue weighted by molar-refractivity contribution is 5.36. The van der Waals surface area contributed by atoms with E-state index in [1.54, 1.807) is 0 Å². The van der Waals surface area contributed by atoms with Gasteiger partial charge in [-0.3, -0.25) is 0 Å². The third-order valence-corrected chi connectivity index (χ3v) is 2.13. The maximum atomic E-state index is 13.1. The molecule has 1 aromatic rings. The lowest BCUT2D eigenvalue weighted by Crippen LogP contribution is -2.18. The van der Waals surface area contributed by atoms with Crippen molar-refractivity contribution in [2.75, 3.05) is 0 Å². The van der Waals surface area contributed by atoms with Crippen LogP contribution in [0.4, 0.5) is 22.0 Å². The molecule has 1 nitrogen and oxygen atoms in total. The molecule has 0 unspecified atom stereocenters. The van der Waals surface area contributed by atoms with Gasteiger partial charge in [0.15, 0.2) is 5.75 Å². The third kappa shape index (κ3) is 1.54. The smallest absolute Gasteiger partial charge is 0.207 e. The van der Waals surface area contributed by atoms with Crippen molar-refractivity contribution in [3.8, 4) is 5.75 Å². The lowest BCUT2D eigenvalue weighted by molar-refractivity contribution is 0.195. The zero-order chi connectivity index (χ0) is 12.1. The summed E-state index contributed by atoms with van der Waals surface area (Å²) in [5.74, 6) is -11.4. The summed E-state index contributed by atoms with van der Waals surface area (Å²) >= 11 is 0. The SMILES string of the molecule is CC1(Oc2c(F)c(F)c(F)c(F)c2F)C=C1. The number of hydrogen-bond donors (Lipinski definition) is 0. The van der Waals surface area contributed by atoms with E-state index in [0.717, 1.165) is 0 Å². The summed E-state index contributed by atoms with van der Waals surface area (Å²) < 4.78 is 69.0. The van der Waals surface area contributed by atoms with E-state index >= 15 is 0 Å². The Morgan fingerprint density at radius 3 is 1.56 bits per heavy atom. The zero-order valence-electron chi connectivity index (χ0n) is 7.95. The Morgan fingerprint density at radius 2 is 1.19 bits per heavy atom. The molecule has 6 heteroatoms. The van der Waals surface area contributed by atoms with Crippen LogP contribution in [0.15, 0.2) is 12.2 Å². The first-order chi connectivity index (χ1) is 7.36. The van der Waals surface area contributed by atoms with Crippen LogP contribution >= 0.6 is 0 Å². The van der Waals surface area contributed by atoms with Gasteiger partial charge < -0.3 is 4.74 Å². The minimum Gasteiger partial charge on any atom is -0.473 e. The highest BCUT2D eigenvalue weighted by Gasteiger charge is 2.35. The van der Waals surface area contributed by atoms with E-state index in [0.29, 0.717) is 0 Å². The van der Waals surface area contributed by atoms with E-state index in [9.17, 15) is 22.0 Å². The summed E-state index contributed by atoms with van der Waals surface area (Å²) in [5, 5.41) is 0. The minimum absolute atomic E-state index is 1.07. The van der Waals surface area contributed by atoms with Crippen LogP contribution in [0, 0.1) is 29.1 Å². The lowest BCUT2D eigenvalue weighted by atomic mass is 10.2. The largest absolute Gasteiger partial charge is 0.473 e. The predicted octanol–water partition coefficient (Wildman–Crippen LogP) is 3.09. The van der Waals surface area contributed by atoms with Gasteiger partial charge in [-0.1, -0.05) is 0 Å². The Hall–Kier alpha value is -1.59. The normalized spacial score (nSPS) is 16.4. The lowest BCUT2D eigenvalue weighted by Gasteiger charge is -2.15. The third-order valence-electron chi connectivity index (χ3n) is 2.13. The van der Waals surface area contributed by atoms with E-state index in [4.69, 9.17) is 0 Å². The molecule has 1 aromatic carbocycles. The summed E-state index contributed by atoms with van der Waals surface area (Å²) in [5.41, 5.74) is -1.07. The van der Waals surface area contributed by atoms with Crippen LogP contribution in [-0.2, 0) is 0 Å². The second-order valence-corrected chi connectivity index (χ2v) is 3.52. The molecular weight excluding hydrogens is 231 g/mol. The van der Waals surface area contributed by atoms with Gasteiger partial charge in [0.05, 0.1) is 0 Å². The van der Waals surface area contributed by atoms with Gasteiger partial charge in [-0.05, 0) is 19.1 Å². The second kappa shape index (κ2) is 3.20. The van der Waals surface area contributed by atoms with E-state index in [2.05, 4.69) is 4.74 Å². The van der Waals surface area contributed by atoms with Crippen molar-refractivity contribution in [1.29, 1.82) is 0 Å². The monoisotopic (exact) mass is 236 g/mol. The van der Waals surface area contributed by atoms with Crippen molar-refractivity contribution < 1.29 is 26.7 Å². The quantitative estimate of drug-likeness (QED) is 0.332. The fourth-order valence-electron chi connectivity index (χ4n) is 1.08. The van der Waals surface area contributed by atoms with Gasteiger partial charge in [-0.15, -0.1) is 0 Å². The van der Waals surface area contributed by atoms with Crippen molar-refractivity contribution in [1.82, 2.24) is 0 Å². The summed E-state index contributed by atoms with van der Waals surface area (Å²) in [4.78, 5) is 0. The summed E-state index contributed by atoms with van der Waals surface area (Å²) in [6, 6.07) is 0. The molecule has 0 radical (unpaired) electrons. The Kier molecular flexibility index (Phi) is 2.18. The molecule has 1 aliphatic rings. The van der Waals surface area contributed by atoms with Gasteiger partial charge in [-0.25, -0.2) is 13.2 Å². The number of rotatable bonds is 2. The van der Waals surface area contributed by atoms with Crippen LogP contribution in [0.5, 0.6) is 5.75 Å². The molecule has 0 saturated heterocycles. The minimum atomic E-state index is -2.20. The van der Waals surface area contributed by atoms with Crippen molar-refractivity contribution >= 4 is 0 Å². The molecule has 86 valence electrons. The Morgan fingerprint density at radius 1 is 0.812 bits per heavy atom. The molecule has 0 bridgehead atoms. The molecule has 2 rings (SSSR count). The van der Waals surface area contributed by atoms with Gasteiger partial charge in [0.2, 0.25) is 29.1 Å². The standard InChI is InChI=1S/C10H5F5O/c1-10(2-3-10)16-9-7(14)5(12)4(11)6(13)8(9)15/h2-3H,1H3. The second-order valence-electron chi connectivity index (χ2n) is 3.52. The fourth-order valence-corrected chi connectivity index (χ4v) is 1.08. The van der Waals surface area contributed by atoms with Crippen LogP contribution in [0.1, 0.15) is 6.92 Å². The van der Waals surface area contributed by atoms with E-state index in [1.807, 2.05) is 0 Å². The summed E-state index contributed by atoms with van der Waals surface area (Å²) in [6.07, 6.45) is 2.84. The topological polar surface area (TPSA) is 9.23 Å². The van der Waals surface area contributed by atoms with Crippen LogP contribution < -0.4 is 4.74 Å². The zero-order valence-corrected chi connectivity index (χ0v) is 7.95. The molecule has 0 aromatic heterocycles. The van der Waals surface area contributed by atoms with Crippen molar-refractivity contribution in [2.45, 2.75) is 12.5 Å². The Balaban J connectivity index is 2.51. The van der Waals surface area contributed by atoms with Crippen molar-refractivity contribution in [3.63, 3.8) is 0 Å². The first-order valence-corrected chi connectivity index (χ1v) is 4.26. The molecule has 1 aliphatic carbocycles. The molecular formula is C10H5F5O. The van der Waals surface area contributed by atoms with Gasteiger partial charge >= 0.3 is 0 Å². The van der Waals surface area contributed by atoms with Gasteiger partial charge in [0.25, 0.3) is 0 Å². The first kappa shape index (κ1) is 10.9. The average molecular weight is 236 g/mol. The van der Waals surface area contributed by atoms with Crippen LogP contribution in [0.25, 0.3) is 0 Å².